The summed E-state index contributed by atoms with van der Waals surface area (Å²) < 4.78 is 1.97. The van der Waals surface area contributed by atoms with Gasteiger partial charge in [-0.15, -0.1) is 10.2 Å². The van der Waals surface area contributed by atoms with Gasteiger partial charge in [0, 0.05) is 13.6 Å². The predicted octanol–water partition coefficient (Wildman–Crippen LogP) is 1.15. The van der Waals surface area contributed by atoms with E-state index < -0.39 is 5.60 Å². The molecular formula is C13H24N4O. The van der Waals surface area contributed by atoms with E-state index in [0.29, 0.717) is 13.1 Å². The highest BCUT2D eigenvalue weighted by molar-refractivity contribution is 4.93. The molecule has 1 aromatic rings. The average Bonchev–Trinajstić information content (AvgIpc) is 2.65. The van der Waals surface area contributed by atoms with E-state index in [2.05, 4.69) is 22.4 Å². The van der Waals surface area contributed by atoms with Gasteiger partial charge in [-0.25, -0.2) is 0 Å². The molecule has 0 bridgehead atoms. The van der Waals surface area contributed by atoms with Crippen LogP contribution < -0.4 is 5.32 Å². The van der Waals surface area contributed by atoms with E-state index in [0.717, 1.165) is 43.3 Å². The molecule has 1 saturated carbocycles. The van der Waals surface area contributed by atoms with Gasteiger partial charge in [-0.3, -0.25) is 0 Å². The highest BCUT2D eigenvalue weighted by atomic mass is 16.3. The lowest BCUT2D eigenvalue weighted by Crippen LogP contribution is -2.43. The lowest BCUT2D eigenvalue weighted by Gasteiger charge is -2.35. The molecule has 5 nitrogen and oxygen atoms in total. The Hall–Kier alpha value is -0.940. The number of aromatic nitrogens is 3. The number of hydrogen-bond acceptors (Lipinski definition) is 4. The molecule has 0 spiro atoms. The minimum Gasteiger partial charge on any atom is -0.389 e. The van der Waals surface area contributed by atoms with Crippen LogP contribution in [-0.2, 0) is 13.6 Å². The van der Waals surface area contributed by atoms with Crippen LogP contribution in [0.3, 0.4) is 0 Å². The van der Waals surface area contributed by atoms with E-state index in [9.17, 15) is 5.11 Å². The molecule has 0 aromatic carbocycles. The maximum atomic E-state index is 10.4. The van der Waals surface area contributed by atoms with Crippen LogP contribution >= 0.6 is 0 Å². The van der Waals surface area contributed by atoms with Crippen molar-refractivity contribution < 1.29 is 5.11 Å². The molecule has 5 heteroatoms. The van der Waals surface area contributed by atoms with Gasteiger partial charge in [-0.1, -0.05) is 6.92 Å². The fourth-order valence-corrected chi connectivity index (χ4v) is 2.49. The lowest BCUT2D eigenvalue weighted by atomic mass is 9.79. The van der Waals surface area contributed by atoms with Gasteiger partial charge < -0.3 is 15.0 Å². The minimum absolute atomic E-state index is 0.528. The summed E-state index contributed by atoms with van der Waals surface area (Å²) in [6.07, 6.45) is 4.06. The van der Waals surface area contributed by atoms with Gasteiger partial charge in [0.15, 0.2) is 0 Å². The largest absolute Gasteiger partial charge is 0.389 e. The van der Waals surface area contributed by atoms with Crippen molar-refractivity contribution in [3.05, 3.63) is 11.6 Å². The van der Waals surface area contributed by atoms with Gasteiger partial charge in [-0.2, -0.15) is 0 Å². The number of hydrogen-bond donors (Lipinski definition) is 2. The monoisotopic (exact) mass is 252 g/mol. The van der Waals surface area contributed by atoms with E-state index >= 15 is 0 Å². The normalized spacial score (nSPS) is 28.6. The topological polar surface area (TPSA) is 63.0 Å². The van der Waals surface area contributed by atoms with E-state index in [1.54, 1.807) is 0 Å². The van der Waals surface area contributed by atoms with Crippen molar-refractivity contribution in [2.75, 3.05) is 6.54 Å². The number of nitrogens with one attached hydrogen (secondary N) is 1. The molecule has 1 aliphatic carbocycles. The average molecular weight is 252 g/mol. The van der Waals surface area contributed by atoms with Crippen LogP contribution in [-0.4, -0.2) is 32.0 Å². The molecule has 0 saturated heterocycles. The second-order valence-electron chi connectivity index (χ2n) is 5.73. The number of aliphatic hydroxyl groups is 1. The predicted molar refractivity (Wildman–Crippen MR) is 70.0 cm³/mol. The second kappa shape index (κ2) is 5.36. The van der Waals surface area contributed by atoms with E-state index in [-0.39, 0.29) is 0 Å². The molecular weight excluding hydrogens is 228 g/mol. The standard InChI is InChI=1S/C13H24N4O/c1-10-4-6-13(18,7-5-10)9-14-8-12-16-15-11(2)17(12)3/h10,14,18H,4-9H2,1-3H3. The molecule has 1 aliphatic rings. The van der Waals surface area contributed by atoms with Crippen molar-refractivity contribution in [1.29, 1.82) is 0 Å². The van der Waals surface area contributed by atoms with Gasteiger partial charge in [0.25, 0.3) is 0 Å². The van der Waals surface area contributed by atoms with E-state index in [1.165, 1.54) is 0 Å². The quantitative estimate of drug-likeness (QED) is 0.844. The van der Waals surface area contributed by atoms with Crippen LogP contribution in [0.1, 0.15) is 44.3 Å². The summed E-state index contributed by atoms with van der Waals surface area (Å²) in [6.45, 7) is 5.50. The molecule has 0 amide bonds. The van der Waals surface area contributed by atoms with Crippen LogP contribution in [0.5, 0.6) is 0 Å². The Bertz CT molecular complexity index is 394. The SMILES string of the molecule is Cc1nnc(CNCC2(O)CCC(C)CC2)n1C. The third kappa shape index (κ3) is 3.09. The van der Waals surface area contributed by atoms with Crippen LogP contribution in [0.2, 0.25) is 0 Å². The van der Waals surface area contributed by atoms with Crippen molar-refractivity contribution in [3.8, 4) is 0 Å². The second-order valence-corrected chi connectivity index (χ2v) is 5.73. The molecule has 0 aliphatic heterocycles. The summed E-state index contributed by atoms with van der Waals surface area (Å²) in [4.78, 5) is 0. The molecule has 0 atom stereocenters. The summed E-state index contributed by atoms with van der Waals surface area (Å²) in [5.74, 6) is 2.59. The maximum Gasteiger partial charge on any atom is 0.146 e. The first kappa shape index (κ1) is 13.5. The molecule has 1 fully saturated rings. The van der Waals surface area contributed by atoms with Crippen molar-refractivity contribution in [3.63, 3.8) is 0 Å². The zero-order valence-corrected chi connectivity index (χ0v) is 11.6. The van der Waals surface area contributed by atoms with E-state index in [4.69, 9.17) is 0 Å². The first-order valence-electron chi connectivity index (χ1n) is 6.78. The maximum absolute atomic E-state index is 10.4. The first-order chi connectivity index (χ1) is 8.50. The van der Waals surface area contributed by atoms with Gasteiger partial charge in [0.2, 0.25) is 0 Å². The Kier molecular flexibility index (Phi) is 4.02. The van der Waals surface area contributed by atoms with Crippen LogP contribution in [0.25, 0.3) is 0 Å². The Morgan fingerprint density at radius 3 is 2.61 bits per heavy atom. The van der Waals surface area contributed by atoms with Crippen molar-refractivity contribution in [1.82, 2.24) is 20.1 Å². The molecule has 0 unspecified atom stereocenters. The van der Waals surface area contributed by atoms with Crippen molar-refractivity contribution in [2.24, 2.45) is 13.0 Å². The molecule has 0 radical (unpaired) electrons. The summed E-state index contributed by atoms with van der Waals surface area (Å²) in [5.41, 5.74) is -0.528. The van der Waals surface area contributed by atoms with Gasteiger partial charge in [0.05, 0.1) is 12.1 Å². The fraction of sp³-hybridized carbons (Fsp3) is 0.846. The number of aryl methyl sites for hydroxylation is 1. The Labute approximate surface area is 109 Å². The van der Waals surface area contributed by atoms with Gasteiger partial charge >= 0.3 is 0 Å². The highest BCUT2D eigenvalue weighted by Gasteiger charge is 2.31. The van der Waals surface area contributed by atoms with Gasteiger partial charge in [-0.05, 0) is 38.5 Å². The number of rotatable bonds is 4. The summed E-state index contributed by atoms with van der Waals surface area (Å²) in [6, 6.07) is 0. The smallest absolute Gasteiger partial charge is 0.146 e. The Morgan fingerprint density at radius 2 is 2.06 bits per heavy atom. The Balaban J connectivity index is 1.80. The van der Waals surface area contributed by atoms with E-state index in [1.807, 2.05) is 18.5 Å². The molecule has 2 rings (SSSR count). The van der Waals surface area contributed by atoms with Crippen LogP contribution in [0.15, 0.2) is 0 Å². The summed E-state index contributed by atoms with van der Waals surface area (Å²) >= 11 is 0. The first-order valence-corrected chi connectivity index (χ1v) is 6.78. The third-order valence-electron chi connectivity index (χ3n) is 4.12. The van der Waals surface area contributed by atoms with Crippen molar-refractivity contribution >= 4 is 0 Å². The molecule has 18 heavy (non-hydrogen) atoms. The number of nitrogens with zero attached hydrogens (tertiary/aromatic N) is 3. The fourth-order valence-electron chi connectivity index (χ4n) is 2.49. The zero-order chi connectivity index (χ0) is 13.2. The summed E-state index contributed by atoms with van der Waals surface area (Å²) in [5, 5.41) is 21.9. The third-order valence-corrected chi connectivity index (χ3v) is 4.12. The highest BCUT2D eigenvalue weighted by Crippen LogP contribution is 2.31. The zero-order valence-electron chi connectivity index (χ0n) is 11.6. The minimum atomic E-state index is -0.528. The van der Waals surface area contributed by atoms with Gasteiger partial charge in [0.1, 0.15) is 11.6 Å². The lowest BCUT2D eigenvalue weighted by molar-refractivity contribution is -0.00645. The molecule has 1 heterocycles. The van der Waals surface area contributed by atoms with Crippen LogP contribution in [0, 0.1) is 12.8 Å². The molecule has 1 aromatic heterocycles. The van der Waals surface area contributed by atoms with Crippen molar-refractivity contribution in [2.45, 2.75) is 51.7 Å². The molecule has 2 N–H and O–H groups in total. The summed E-state index contributed by atoms with van der Waals surface area (Å²) in [7, 11) is 1.96. The van der Waals surface area contributed by atoms with Crippen LogP contribution in [0.4, 0.5) is 0 Å². The Morgan fingerprint density at radius 1 is 1.39 bits per heavy atom. The molecule has 102 valence electrons.